The molecule has 14 heteroatoms. The molecule has 2 aromatic rings. The van der Waals surface area contributed by atoms with Crippen molar-refractivity contribution in [1.82, 2.24) is 19.5 Å². The summed E-state index contributed by atoms with van der Waals surface area (Å²) >= 11 is 1.22. The van der Waals surface area contributed by atoms with Crippen LogP contribution in [0.3, 0.4) is 0 Å². The van der Waals surface area contributed by atoms with Crippen molar-refractivity contribution in [1.29, 1.82) is 0 Å². The molecule has 2 aromatic heterocycles. The number of anilines is 1. The zero-order chi connectivity index (χ0) is 18.5. The van der Waals surface area contributed by atoms with Crippen molar-refractivity contribution in [3.8, 4) is 0 Å². The average Bonchev–Trinajstić information content (AvgIpc) is 3.08. The van der Waals surface area contributed by atoms with Gasteiger partial charge in [0.2, 0.25) is 0 Å². The van der Waals surface area contributed by atoms with Crippen molar-refractivity contribution in [2.45, 2.75) is 35.5 Å². The Kier molecular flexibility index (Phi) is 4.77. The summed E-state index contributed by atoms with van der Waals surface area (Å²) in [5.74, 6) is -2.19. The largest absolute Gasteiger partial charge is 0.387 e. The van der Waals surface area contributed by atoms with Crippen LogP contribution in [-0.4, -0.2) is 75.0 Å². The van der Waals surface area contributed by atoms with E-state index in [2.05, 4.69) is 15.0 Å². The standard InChI is InChI=1S/C11H16N5O7PS/c1-25-11-14-7(12)3-8(15-11)16(2-13-3)9-5(18)4(17)6(23-9)10(19)24(20,21)22/h2,4-6,9-10,17-19H,1H3,(H2,12,14,15)(H2,20,21,22)/t4-,5+,6-,9+,10+/m0/s1. The number of ether oxygens (including phenoxy) is 1. The third-order valence-corrected chi connectivity index (χ3v) is 5.33. The second kappa shape index (κ2) is 6.45. The van der Waals surface area contributed by atoms with E-state index in [-0.39, 0.29) is 17.0 Å². The SMILES string of the molecule is CSc1nc(N)c2ncn([C@@H]3O[C@H]([C@H](O)P(=O)(O)O)[C@@H](O)[C@H]3O)c2n1. The Morgan fingerprint density at radius 1 is 1.36 bits per heavy atom. The molecule has 25 heavy (non-hydrogen) atoms. The number of aliphatic hydroxyl groups excluding tert-OH is 3. The summed E-state index contributed by atoms with van der Waals surface area (Å²) in [6.45, 7) is 0. The predicted molar refractivity (Wildman–Crippen MR) is 85.5 cm³/mol. The van der Waals surface area contributed by atoms with Crippen LogP contribution in [0.5, 0.6) is 0 Å². The van der Waals surface area contributed by atoms with Crippen molar-refractivity contribution in [2.24, 2.45) is 0 Å². The highest BCUT2D eigenvalue weighted by Gasteiger charge is 2.51. The molecule has 1 saturated heterocycles. The molecule has 1 aliphatic heterocycles. The molecule has 0 unspecified atom stereocenters. The maximum absolute atomic E-state index is 11.2. The normalized spacial score (nSPS) is 28.6. The number of imidazole rings is 1. The first kappa shape index (κ1) is 18.5. The fraction of sp³-hybridized carbons (Fsp3) is 0.545. The first-order valence-corrected chi connectivity index (χ1v) is 9.84. The molecule has 0 spiro atoms. The van der Waals surface area contributed by atoms with Gasteiger partial charge in [-0.15, -0.1) is 0 Å². The molecular weight excluding hydrogens is 377 g/mol. The number of fused-ring (bicyclic) bond motifs is 1. The van der Waals surface area contributed by atoms with Gasteiger partial charge in [-0.05, 0) is 6.26 Å². The third kappa shape index (κ3) is 3.13. The van der Waals surface area contributed by atoms with E-state index >= 15 is 0 Å². The van der Waals surface area contributed by atoms with Gasteiger partial charge >= 0.3 is 7.60 Å². The zero-order valence-corrected chi connectivity index (χ0v) is 14.4. The molecule has 0 aromatic carbocycles. The molecule has 138 valence electrons. The number of nitrogen functional groups attached to an aromatic ring is 1. The van der Waals surface area contributed by atoms with Crippen molar-refractivity contribution >= 4 is 36.3 Å². The predicted octanol–water partition coefficient (Wildman–Crippen LogP) is -1.75. The van der Waals surface area contributed by atoms with Crippen LogP contribution in [0.4, 0.5) is 5.82 Å². The quantitative estimate of drug-likeness (QED) is 0.195. The van der Waals surface area contributed by atoms with Gasteiger partial charge < -0.3 is 35.6 Å². The highest BCUT2D eigenvalue weighted by atomic mass is 32.2. The van der Waals surface area contributed by atoms with E-state index in [0.717, 1.165) is 0 Å². The van der Waals surface area contributed by atoms with Crippen molar-refractivity contribution in [2.75, 3.05) is 12.0 Å². The first-order chi connectivity index (χ1) is 11.6. The molecule has 0 radical (unpaired) electrons. The summed E-state index contributed by atoms with van der Waals surface area (Å²) in [5, 5.41) is 30.3. The fourth-order valence-electron chi connectivity index (χ4n) is 2.55. The van der Waals surface area contributed by atoms with Gasteiger partial charge in [0.15, 0.2) is 28.7 Å². The number of nitrogens with zero attached hydrogens (tertiary/aromatic N) is 4. The Hall–Kier alpha value is -1.31. The summed E-state index contributed by atoms with van der Waals surface area (Å²) in [7, 11) is -4.96. The molecule has 0 bridgehead atoms. The highest BCUT2D eigenvalue weighted by molar-refractivity contribution is 7.98. The van der Waals surface area contributed by atoms with E-state index in [1.165, 1.54) is 22.7 Å². The summed E-state index contributed by atoms with van der Waals surface area (Å²) in [5.41, 5.74) is 6.25. The first-order valence-electron chi connectivity index (χ1n) is 6.94. The van der Waals surface area contributed by atoms with Gasteiger partial charge in [-0.25, -0.2) is 15.0 Å². The molecule has 3 heterocycles. The van der Waals surface area contributed by atoms with Gasteiger partial charge in [0.05, 0.1) is 6.33 Å². The van der Waals surface area contributed by atoms with E-state index in [4.69, 9.17) is 20.3 Å². The van der Waals surface area contributed by atoms with E-state index in [1.807, 2.05) is 0 Å². The monoisotopic (exact) mass is 393 g/mol. The summed E-state index contributed by atoms with van der Waals surface area (Å²) in [4.78, 5) is 30.4. The van der Waals surface area contributed by atoms with E-state index in [1.54, 1.807) is 6.26 Å². The molecule has 5 atom stereocenters. The minimum Gasteiger partial charge on any atom is -0.387 e. The topological polar surface area (TPSA) is 197 Å². The number of nitrogens with two attached hydrogens (primary N) is 1. The van der Waals surface area contributed by atoms with Gasteiger partial charge in [-0.3, -0.25) is 9.13 Å². The lowest BCUT2D eigenvalue weighted by Crippen LogP contribution is -2.38. The lowest BCUT2D eigenvalue weighted by molar-refractivity contribution is -0.0664. The molecular formula is C11H16N5O7PS. The van der Waals surface area contributed by atoms with Crippen molar-refractivity contribution < 1.29 is 34.4 Å². The Labute approximate surface area is 144 Å². The Bertz CT molecular complexity index is 844. The van der Waals surface area contributed by atoms with Gasteiger partial charge in [0, 0.05) is 0 Å². The van der Waals surface area contributed by atoms with E-state index in [9.17, 15) is 19.9 Å². The fourth-order valence-corrected chi connectivity index (χ4v) is 3.55. The number of thioether (sulfide) groups is 1. The average molecular weight is 393 g/mol. The second-order valence-corrected chi connectivity index (χ2v) is 7.88. The Morgan fingerprint density at radius 2 is 2.04 bits per heavy atom. The maximum Gasteiger partial charge on any atom is 0.356 e. The Morgan fingerprint density at radius 3 is 2.64 bits per heavy atom. The summed E-state index contributed by atoms with van der Waals surface area (Å²) < 4.78 is 17.8. The van der Waals surface area contributed by atoms with Gasteiger partial charge in [0.25, 0.3) is 0 Å². The molecule has 0 saturated carbocycles. The number of aliphatic hydroxyl groups is 3. The molecule has 1 fully saturated rings. The maximum atomic E-state index is 11.2. The van der Waals surface area contributed by atoms with Crippen molar-refractivity contribution in [3.63, 3.8) is 0 Å². The number of rotatable bonds is 4. The van der Waals surface area contributed by atoms with Crippen LogP contribution in [0.25, 0.3) is 11.2 Å². The smallest absolute Gasteiger partial charge is 0.356 e. The highest BCUT2D eigenvalue weighted by Crippen LogP contribution is 2.46. The van der Waals surface area contributed by atoms with Gasteiger partial charge in [-0.2, -0.15) is 0 Å². The van der Waals surface area contributed by atoms with Crippen LogP contribution in [0.1, 0.15) is 6.23 Å². The third-order valence-electron chi connectivity index (χ3n) is 3.80. The van der Waals surface area contributed by atoms with Crippen LogP contribution in [0.2, 0.25) is 0 Å². The minimum atomic E-state index is -4.96. The summed E-state index contributed by atoms with van der Waals surface area (Å²) in [6.07, 6.45) is -3.32. The van der Waals surface area contributed by atoms with Crippen LogP contribution >= 0.6 is 19.4 Å². The number of aromatic nitrogens is 4. The van der Waals surface area contributed by atoms with Gasteiger partial charge in [0.1, 0.15) is 23.8 Å². The zero-order valence-electron chi connectivity index (χ0n) is 12.7. The summed E-state index contributed by atoms with van der Waals surface area (Å²) in [6, 6.07) is 0. The van der Waals surface area contributed by atoms with E-state index in [0.29, 0.717) is 5.16 Å². The van der Waals surface area contributed by atoms with Gasteiger partial charge in [-0.1, -0.05) is 11.8 Å². The molecule has 7 N–H and O–H groups in total. The van der Waals surface area contributed by atoms with Crippen LogP contribution in [0, 0.1) is 0 Å². The lowest BCUT2D eigenvalue weighted by atomic mass is 10.1. The van der Waals surface area contributed by atoms with E-state index < -0.39 is 38.0 Å². The number of hydrogen-bond acceptors (Lipinski definition) is 10. The molecule has 0 amide bonds. The molecule has 0 aliphatic carbocycles. The van der Waals surface area contributed by atoms with Crippen LogP contribution < -0.4 is 5.73 Å². The van der Waals surface area contributed by atoms with Crippen LogP contribution in [0.15, 0.2) is 11.5 Å². The van der Waals surface area contributed by atoms with Crippen molar-refractivity contribution in [3.05, 3.63) is 6.33 Å². The molecule has 3 rings (SSSR count). The lowest BCUT2D eigenvalue weighted by Gasteiger charge is -2.21. The number of hydrogen-bond donors (Lipinski definition) is 6. The van der Waals surface area contributed by atoms with Crippen LogP contribution in [-0.2, 0) is 9.30 Å². The Balaban J connectivity index is 2.01. The molecule has 12 nitrogen and oxygen atoms in total. The second-order valence-electron chi connectivity index (χ2n) is 5.39. The molecule has 1 aliphatic rings. The minimum absolute atomic E-state index is 0.105.